The number of nitrogens with zero attached hydrogens (tertiary/aromatic N) is 3. The molecule has 1 aliphatic heterocycles. The van der Waals surface area contributed by atoms with E-state index in [1.165, 1.54) is 18.2 Å². The third-order valence-electron chi connectivity index (χ3n) is 7.30. The lowest BCUT2D eigenvalue weighted by Crippen LogP contribution is -2.57. The van der Waals surface area contributed by atoms with Gasteiger partial charge in [0.1, 0.15) is 5.60 Å². The molecule has 194 valence electrons. The normalized spacial score (nSPS) is 21.7. The van der Waals surface area contributed by atoms with E-state index < -0.39 is 17.3 Å². The first kappa shape index (κ1) is 25.4. The molecule has 1 saturated carbocycles. The topological polar surface area (TPSA) is 81.9 Å². The summed E-state index contributed by atoms with van der Waals surface area (Å²) in [6, 6.07) is 9.13. The first-order valence-corrected chi connectivity index (χ1v) is 13.0. The van der Waals surface area contributed by atoms with Crippen LogP contribution in [0, 0.1) is 6.57 Å². The average Bonchev–Trinajstić information content (AvgIpc) is 3.40. The van der Waals surface area contributed by atoms with Crippen molar-refractivity contribution >= 4 is 39.7 Å². The molecular formula is C26H26F3N5O2S. The molecule has 0 spiro atoms. The fourth-order valence-corrected chi connectivity index (χ4v) is 6.07. The van der Waals surface area contributed by atoms with Gasteiger partial charge in [0.2, 0.25) is 5.91 Å². The minimum atomic E-state index is -4.61. The lowest BCUT2D eigenvalue weighted by atomic mass is 9.82. The fraction of sp³-hybridized carbons (Fsp3) is 0.423. The van der Waals surface area contributed by atoms with Crippen molar-refractivity contribution in [3.8, 4) is 0 Å². The molecule has 0 radical (unpaired) electrons. The Hall–Kier alpha value is -3.20. The number of fused-ring (bicyclic) bond motifs is 1. The first-order valence-electron chi connectivity index (χ1n) is 12.1. The van der Waals surface area contributed by atoms with Crippen molar-refractivity contribution in [2.45, 2.75) is 49.5 Å². The smallest absolute Gasteiger partial charge is 0.384 e. The molecule has 3 heterocycles. The van der Waals surface area contributed by atoms with Crippen molar-refractivity contribution < 1.29 is 23.1 Å². The van der Waals surface area contributed by atoms with E-state index in [4.69, 9.17) is 6.57 Å². The lowest BCUT2D eigenvalue weighted by molar-refractivity contribution is -0.137. The van der Waals surface area contributed by atoms with Gasteiger partial charge in [-0.25, -0.2) is 0 Å². The van der Waals surface area contributed by atoms with Crippen molar-refractivity contribution in [3.63, 3.8) is 0 Å². The van der Waals surface area contributed by atoms with Crippen molar-refractivity contribution in [3.05, 3.63) is 63.6 Å². The van der Waals surface area contributed by atoms with Crippen LogP contribution >= 0.6 is 11.3 Å². The van der Waals surface area contributed by atoms with E-state index in [1.807, 2.05) is 17.5 Å². The number of rotatable bonds is 6. The largest absolute Gasteiger partial charge is 0.418 e. The standard InChI is InChI=1S/C26H26F3N5O2S/c1-30-22-7-4-18-20(33-22)6-5-19(26(27,28)29)24(18)31-15-23(35)32-16-13-17(14-16)34-10-8-25(36,9-11-34)21-3-2-12-37-21/h2-7,12,16-17,31,36H,8-11,13-15H2,(H,32,35). The lowest BCUT2D eigenvalue weighted by Gasteiger charge is -2.47. The Morgan fingerprint density at radius 1 is 1.22 bits per heavy atom. The van der Waals surface area contributed by atoms with E-state index in [2.05, 4.69) is 25.4 Å². The molecule has 5 rings (SSSR count). The van der Waals surface area contributed by atoms with Crippen LogP contribution in [0.5, 0.6) is 0 Å². The summed E-state index contributed by atoms with van der Waals surface area (Å²) in [6.07, 6.45) is -1.73. The van der Waals surface area contributed by atoms with Gasteiger partial charge in [-0.2, -0.15) is 13.2 Å². The Kier molecular flexibility index (Phi) is 6.83. The highest BCUT2D eigenvalue weighted by molar-refractivity contribution is 7.10. The molecule has 1 aliphatic carbocycles. The second-order valence-electron chi connectivity index (χ2n) is 9.62. The molecule has 0 atom stereocenters. The number of carbonyl (C=O) groups excluding carboxylic acids is 1. The molecule has 0 unspecified atom stereocenters. The molecule has 1 aromatic carbocycles. The predicted molar refractivity (Wildman–Crippen MR) is 135 cm³/mol. The van der Waals surface area contributed by atoms with E-state index in [-0.39, 0.29) is 40.9 Å². The minimum absolute atomic E-state index is 0.0325. The highest BCUT2D eigenvalue weighted by Gasteiger charge is 2.41. The summed E-state index contributed by atoms with van der Waals surface area (Å²) in [6.45, 7) is 8.32. The van der Waals surface area contributed by atoms with Crippen LogP contribution in [0.15, 0.2) is 41.8 Å². The van der Waals surface area contributed by atoms with Crippen LogP contribution in [0.2, 0.25) is 0 Å². The summed E-state index contributed by atoms with van der Waals surface area (Å²) in [5.41, 5.74) is -1.63. The van der Waals surface area contributed by atoms with E-state index in [0.717, 1.165) is 36.9 Å². The van der Waals surface area contributed by atoms with E-state index in [9.17, 15) is 23.1 Å². The van der Waals surface area contributed by atoms with Gasteiger partial charge in [-0.1, -0.05) is 18.7 Å². The average molecular weight is 530 g/mol. The number of thiophene rings is 1. The number of likely N-dealkylation sites (tertiary alicyclic amines) is 1. The van der Waals surface area contributed by atoms with E-state index in [1.54, 1.807) is 11.3 Å². The number of pyridine rings is 1. The van der Waals surface area contributed by atoms with Gasteiger partial charge in [0.15, 0.2) is 5.52 Å². The Bertz CT molecular complexity index is 1320. The predicted octanol–water partition coefficient (Wildman–Crippen LogP) is 4.91. The zero-order valence-corrected chi connectivity index (χ0v) is 20.7. The van der Waals surface area contributed by atoms with Crippen molar-refractivity contribution in [2.24, 2.45) is 0 Å². The Labute approximate surface area is 216 Å². The third-order valence-corrected chi connectivity index (χ3v) is 8.37. The van der Waals surface area contributed by atoms with Crippen LogP contribution in [0.1, 0.15) is 36.1 Å². The van der Waals surface area contributed by atoms with Gasteiger partial charge >= 0.3 is 6.18 Å². The van der Waals surface area contributed by atoms with E-state index >= 15 is 0 Å². The number of hydrogen-bond donors (Lipinski definition) is 3. The van der Waals surface area contributed by atoms with Gasteiger partial charge < -0.3 is 20.6 Å². The Morgan fingerprint density at radius 2 is 1.97 bits per heavy atom. The SMILES string of the molecule is [C-]#[N+]c1ccc2c(NCC(=O)NC3CC(N4CCC(O)(c5cccs5)CC4)C3)c(C(F)(F)F)ccc2n1. The second kappa shape index (κ2) is 9.93. The molecule has 3 N–H and O–H groups in total. The number of alkyl halides is 3. The van der Waals surface area contributed by atoms with Gasteiger partial charge in [-0.15, -0.1) is 16.3 Å². The number of anilines is 1. The highest BCUT2D eigenvalue weighted by atomic mass is 32.1. The van der Waals surface area contributed by atoms with E-state index in [0.29, 0.717) is 18.9 Å². The Balaban J connectivity index is 1.15. The molecule has 2 fully saturated rings. The molecule has 37 heavy (non-hydrogen) atoms. The minimum Gasteiger partial charge on any atom is -0.384 e. The molecule has 1 saturated heterocycles. The highest BCUT2D eigenvalue weighted by Crippen LogP contribution is 2.40. The molecule has 0 bridgehead atoms. The number of carbonyl (C=O) groups is 1. The van der Waals surface area contributed by atoms with Gasteiger partial charge in [0, 0.05) is 35.4 Å². The molecule has 1 amide bonds. The van der Waals surface area contributed by atoms with Crippen LogP contribution in [0.3, 0.4) is 0 Å². The molecule has 3 aromatic rings. The van der Waals surface area contributed by atoms with Crippen LogP contribution in [-0.2, 0) is 16.6 Å². The molecular weight excluding hydrogens is 503 g/mol. The Morgan fingerprint density at radius 3 is 2.62 bits per heavy atom. The summed E-state index contributed by atoms with van der Waals surface area (Å²) < 4.78 is 40.9. The number of halogens is 3. The van der Waals surface area contributed by atoms with Gasteiger partial charge in [-0.05, 0) is 55.3 Å². The molecule has 2 aliphatic rings. The number of aliphatic hydroxyl groups is 1. The molecule has 7 nitrogen and oxygen atoms in total. The number of nitrogens with one attached hydrogen (secondary N) is 2. The maximum atomic E-state index is 13.6. The molecule has 2 aromatic heterocycles. The summed E-state index contributed by atoms with van der Waals surface area (Å²) in [7, 11) is 0. The van der Waals surface area contributed by atoms with Gasteiger partial charge in [-0.3, -0.25) is 9.69 Å². The maximum absolute atomic E-state index is 13.6. The number of benzene rings is 1. The summed E-state index contributed by atoms with van der Waals surface area (Å²) >= 11 is 1.57. The maximum Gasteiger partial charge on any atom is 0.418 e. The van der Waals surface area contributed by atoms with Crippen LogP contribution in [-0.4, -0.2) is 52.6 Å². The van der Waals surface area contributed by atoms with Crippen LogP contribution in [0.25, 0.3) is 15.7 Å². The van der Waals surface area contributed by atoms with Crippen LogP contribution < -0.4 is 10.6 Å². The zero-order valence-electron chi connectivity index (χ0n) is 19.9. The fourth-order valence-electron chi connectivity index (χ4n) is 5.18. The summed E-state index contributed by atoms with van der Waals surface area (Å²) in [4.78, 5) is 23.2. The van der Waals surface area contributed by atoms with Gasteiger partial charge in [0.05, 0.1) is 17.8 Å². The number of piperidine rings is 1. The summed E-state index contributed by atoms with van der Waals surface area (Å²) in [5, 5.41) is 18.7. The van der Waals surface area contributed by atoms with Crippen molar-refractivity contribution in [1.29, 1.82) is 0 Å². The number of hydrogen-bond acceptors (Lipinski definition) is 6. The third kappa shape index (κ3) is 5.28. The summed E-state index contributed by atoms with van der Waals surface area (Å²) in [5.74, 6) is -0.301. The second-order valence-corrected chi connectivity index (χ2v) is 10.6. The number of amides is 1. The van der Waals surface area contributed by atoms with Crippen molar-refractivity contribution in [1.82, 2.24) is 15.2 Å². The molecule has 11 heteroatoms. The quantitative estimate of drug-likeness (QED) is 0.396. The van der Waals surface area contributed by atoms with Crippen molar-refractivity contribution in [2.75, 3.05) is 25.0 Å². The zero-order chi connectivity index (χ0) is 26.2. The van der Waals surface area contributed by atoms with Crippen LogP contribution in [0.4, 0.5) is 24.7 Å². The monoisotopic (exact) mass is 529 g/mol. The number of aromatic nitrogens is 1. The van der Waals surface area contributed by atoms with Gasteiger partial charge in [0.25, 0.3) is 5.82 Å². The first-order chi connectivity index (χ1) is 17.7.